The zero-order valence-corrected chi connectivity index (χ0v) is 10.5. The summed E-state index contributed by atoms with van der Waals surface area (Å²) in [4.78, 5) is 14.3. The largest absolute Gasteiger partial charge is 0.393 e. The maximum absolute atomic E-state index is 12.3. The molecule has 1 aromatic rings. The molecule has 1 amide bonds. The van der Waals surface area contributed by atoms with Crippen molar-refractivity contribution in [1.82, 2.24) is 4.90 Å². The van der Waals surface area contributed by atoms with E-state index in [2.05, 4.69) is 0 Å². The maximum Gasteiger partial charge on any atom is 0.253 e. The minimum atomic E-state index is -0.211. The van der Waals surface area contributed by atoms with Crippen LogP contribution in [-0.4, -0.2) is 35.1 Å². The highest BCUT2D eigenvalue weighted by atomic mass is 16.3. The number of amides is 1. The lowest BCUT2D eigenvalue weighted by Gasteiger charge is -2.28. The molecule has 0 unspecified atom stereocenters. The van der Waals surface area contributed by atoms with Crippen LogP contribution >= 0.6 is 0 Å². The van der Waals surface area contributed by atoms with Gasteiger partial charge in [-0.2, -0.15) is 0 Å². The van der Waals surface area contributed by atoms with E-state index < -0.39 is 0 Å². The second-order valence-corrected chi connectivity index (χ2v) is 5.50. The molecule has 1 saturated carbocycles. The van der Waals surface area contributed by atoms with Crippen LogP contribution in [-0.2, 0) is 0 Å². The molecule has 0 bridgehead atoms. The number of rotatable bonds is 1. The number of aliphatic hydroxyl groups excluding tert-OH is 1. The molecule has 2 aliphatic rings. The molecular weight excluding hydrogens is 226 g/mol. The minimum absolute atomic E-state index is 0.109. The number of fused-ring (bicyclic) bond motifs is 1. The zero-order chi connectivity index (χ0) is 12.5. The third kappa shape index (κ3) is 2.03. The molecule has 2 fully saturated rings. The summed E-state index contributed by atoms with van der Waals surface area (Å²) in [6, 6.07) is 9.43. The molecule has 1 N–H and O–H groups in total. The fraction of sp³-hybridized carbons (Fsp3) is 0.533. The van der Waals surface area contributed by atoms with Crippen LogP contribution in [0.15, 0.2) is 30.3 Å². The van der Waals surface area contributed by atoms with Gasteiger partial charge in [-0.05, 0) is 30.9 Å². The van der Waals surface area contributed by atoms with E-state index in [1.165, 1.54) is 0 Å². The monoisotopic (exact) mass is 245 g/mol. The summed E-state index contributed by atoms with van der Waals surface area (Å²) < 4.78 is 0. The Balaban J connectivity index is 1.74. The van der Waals surface area contributed by atoms with Gasteiger partial charge in [0.2, 0.25) is 0 Å². The Bertz CT molecular complexity index is 431. The van der Waals surface area contributed by atoms with Gasteiger partial charge >= 0.3 is 0 Å². The van der Waals surface area contributed by atoms with Crippen LogP contribution in [0.3, 0.4) is 0 Å². The molecule has 3 nitrogen and oxygen atoms in total. The predicted octanol–water partition coefficient (Wildman–Crippen LogP) is 1.92. The fourth-order valence-electron chi connectivity index (χ4n) is 3.37. The van der Waals surface area contributed by atoms with E-state index in [9.17, 15) is 9.90 Å². The highest BCUT2D eigenvalue weighted by Crippen LogP contribution is 2.36. The molecule has 1 aliphatic heterocycles. The summed E-state index contributed by atoms with van der Waals surface area (Å²) in [6.07, 6.45) is 2.93. The molecule has 1 aromatic carbocycles. The van der Waals surface area contributed by atoms with Crippen molar-refractivity contribution in [2.45, 2.75) is 25.4 Å². The van der Waals surface area contributed by atoms with Crippen LogP contribution in [0, 0.1) is 11.8 Å². The van der Waals surface area contributed by atoms with Crippen LogP contribution in [0.25, 0.3) is 0 Å². The van der Waals surface area contributed by atoms with Crippen molar-refractivity contribution < 1.29 is 9.90 Å². The van der Waals surface area contributed by atoms with Gasteiger partial charge in [-0.25, -0.2) is 0 Å². The summed E-state index contributed by atoms with van der Waals surface area (Å²) in [5, 5.41) is 10.0. The number of benzene rings is 1. The molecule has 1 aliphatic carbocycles. The summed E-state index contributed by atoms with van der Waals surface area (Å²) in [5.41, 5.74) is 0.755. The van der Waals surface area contributed by atoms with E-state index in [0.717, 1.165) is 37.9 Å². The third-order valence-corrected chi connectivity index (χ3v) is 4.37. The summed E-state index contributed by atoms with van der Waals surface area (Å²) in [6.45, 7) is 1.54. The van der Waals surface area contributed by atoms with Crippen molar-refractivity contribution in [3.8, 4) is 0 Å². The molecule has 96 valence electrons. The molecule has 0 aromatic heterocycles. The van der Waals surface area contributed by atoms with Crippen LogP contribution < -0.4 is 0 Å². The van der Waals surface area contributed by atoms with Gasteiger partial charge in [0.1, 0.15) is 0 Å². The smallest absolute Gasteiger partial charge is 0.253 e. The first kappa shape index (κ1) is 11.7. The standard InChI is InChI=1S/C15H19NO2/c17-14-8-4-7-12-9-16(10-13(12)14)15(18)11-5-2-1-3-6-11/h1-3,5-6,12-14,17H,4,7-10H2/t12-,13+,14+/m0/s1. The van der Waals surface area contributed by atoms with Crippen LogP contribution in [0.5, 0.6) is 0 Å². The average Bonchev–Trinajstić information content (AvgIpc) is 2.84. The van der Waals surface area contributed by atoms with Gasteiger partial charge in [0.25, 0.3) is 5.91 Å². The number of carbonyl (C=O) groups excluding carboxylic acids is 1. The highest BCUT2D eigenvalue weighted by Gasteiger charge is 2.41. The van der Waals surface area contributed by atoms with E-state index in [0.29, 0.717) is 11.8 Å². The van der Waals surface area contributed by atoms with Crippen LogP contribution in [0.1, 0.15) is 29.6 Å². The fourth-order valence-corrected chi connectivity index (χ4v) is 3.37. The quantitative estimate of drug-likeness (QED) is 0.821. The summed E-state index contributed by atoms with van der Waals surface area (Å²) in [5.74, 6) is 0.907. The van der Waals surface area contributed by atoms with Crippen molar-refractivity contribution >= 4 is 5.91 Å². The van der Waals surface area contributed by atoms with Crippen molar-refractivity contribution in [3.05, 3.63) is 35.9 Å². The second kappa shape index (κ2) is 4.73. The van der Waals surface area contributed by atoms with E-state index in [1.54, 1.807) is 0 Å². The number of aliphatic hydroxyl groups is 1. The molecular formula is C15H19NO2. The zero-order valence-electron chi connectivity index (χ0n) is 10.5. The maximum atomic E-state index is 12.3. The highest BCUT2D eigenvalue weighted by molar-refractivity contribution is 5.94. The van der Waals surface area contributed by atoms with E-state index >= 15 is 0 Å². The molecule has 18 heavy (non-hydrogen) atoms. The van der Waals surface area contributed by atoms with Crippen LogP contribution in [0.2, 0.25) is 0 Å². The molecule has 3 heteroatoms. The number of carbonyl (C=O) groups is 1. The van der Waals surface area contributed by atoms with Gasteiger partial charge in [0.05, 0.1) is 6.10 Å². The van der Waals surface area contributed by atoms with Crippen LogP contribution in [0.4, 0.5) is 0 Å². The lowest BCUT2D eigenvalue weighted by molar-refractivity contribution is 0.0539. The van der Waals surface area contributed by atoms with Crippen molar-refractivity contribution in [3.63, 3.8) is 0 Å². The average molecular weight is 245 g/mol. The van der Waals surface area contributed by atoms with Crippen molar-refractivity contribution in [1.29, 1.82) is 0 Å². The topological polar surface area (TPSA) is 40.5 Å². The first-order chi connectivity index (χ1) is 8.75. The molecule has 0 radical (unpaired) electrons. The van der Waals surface area contributed by atoms with Gasteiger partial charge in [-0.15, -0.1) is 0 Å². The first-order valence-corrected chi connectivity index (χ1v) is 6.78. The predicted molar refractivity (Wildman–Crippen MR) is 69.2 cm³/mol. The van der Waals surface area contributed by atoms with Gasteiger partial charge in [0.15, 0.2) is 0 Å². The molecule has 1 saturated heterocycles. The normalized spacial score (nSPS) is 31.2. The van der Waals surface area contributed by atoms with E-state index in [-0.39, 0.29) is 12.0 Å². The Labute approximate surface area is 107 Å². The van der Waals surface area contributed by atoms with E-state index in [4.69, 9.17) is 0 Å². The number of likely N-dealkylation sites (tertiary alicyclic amines) is 1. The lowest BCUT2D eigenvalue weighted by Crippen LogP contribution is -2.32. The second-order valence-electron chi connectivity index (χ2n) is 5.50. The Morgan fingerprint density at radius 2 is 1.94 bits per heavy atom. The van der Waals surface area contributed by atoms with Crippen molar-refractivity contribution in [2.24, 2.45) is 11.8 Å². The molecule has 0 spiro atoms. The summed E-state index contributed by atoms with van der Waals surface area (Å²) >= 11 is 0. The third-order valence-electron chi connectivity index (χ3n) is 4.37. The molecule has 1 heterocycles. The van der Waals surface area contributed by atoms with Gasteiger partial charge in [0, 0.05) is 24.6 Å². The summed E-state index contributed by atoms with van der Waals surface area (Å²) in [7, 11) is 0. The molecule has 3 atom stereocenters. The Kier molecular flexibility index (Phi) is 3.08. The Morgan fingerprint density at radius 1 is 1.17 bits per heavy atom. The van der Waals surface area contributed by atoms with Gasteiger partial charge in [-0.1, -0.05) is 24.6 Å². The lowest BCUT2D eigenvalue weighted by atomic mass is 9.80. The Morgan fingerprint density at radius 3 is 2.67 bits per heavy atom. The SMILES string of the molecule is O=C(c1ccccc1)N1C[C@@H]2CCC[C@@H](O)[C@@H]2C1. The minimum Gasteiger partial charge on any atom is -0.393 e. The number of nitrogens with zero attached hydrogens (tertiary/aromatic N) is 1. The molecule has 3 rings (SSSR count). The van der Waals surface area contributed by atoms with Crippen molar-refractivity contribution in [2.75, 3.05) is 13.1 Å². The van der Waals surface area contributed by atoms with Gasteiger partial charge < -0.3 is 10.0 Å². The van der Waals surface area contributed by atoms with Gasteiger partial charge in [-0.3, -0.25) is 4.79 Å². The first-order valence-electron chi connectivity index (χ1n) is 6.78. The number of hydrogen-bond acceptors (Lipinski definition) is 2. The number of hydrogen-bond donors (Lipinski definition) is 1. The Hall–Kier alpha value is -1.35. The van der Waals surface area contributed by atoms with E-state index in [1.807, 2.05) is 35.2 Å².